The maximum atomic E-state index is 11.9. The summed E-state index contributed by atoms with van der Waals surface area (Å²) < 4.78 is 10.9. The summed E-state index contributed by atoms with van der Waals surface area (Å²) >= 11 is 0. The van der Waals surface area contributed by atoms with Crippen molar-refractivity contribution in [1.29, 1.82) is 0 Å². The summed E-state index contributed by atoms with van der Waals surface area (Å²) in [5.41, 5.74) is -1.79. The predicted octanol–water partition coefficient (Wildman–Crippen LogP) is 0.268. The van der Waals surface area contributed by atoms with E-state index in [4.69, 9.17) is 8.85 Å². The number of carbonyl (C=O) groups is 1. The van der Waals surface area contributed by atoms with Gasteiger partial charge in [0.2, 0.25) is 0 Å². The molecule has 0 saturated carbocycles. The smallest absolute Gasteiger partial charge is 0.392 e. The highest BCUT2D eigenvalue weighted by Crippen LogP contribution is 2.32. The number of ketones is 1. The maximum Gasteiger partial charge on any atom is 0.502 e. The molecule has 3 N–H and O–H groups in total. The van der Waals surface area contributed by atoms with Crippen molar-refractivity contribution in [2.24, 2.45) is 5.41 Å². The fraction of sp³-hybridized carbons (Fsp3) is 0.917. The molecule has 1 heterocycles. The van der Waals surface area contributed by atoms with E-state index >= 15 is 0 Å². The summed E-state index contributed by atoms with van der Waals surface area (Å²) in [5.74, 6) is 0.00517. The van der Waals surface area contributed by atoms with Crippen LogP contribution in [0.25, 0.3) is 0 Å². The van der Waals surface area contributed by atoms with Gasteiger partial charge in [0, 0.05) is 11.0 Å². The van der Waals surface area contributed by atoms with Gasteiger partial charge in [-0.2, -0.15) is 0 Å². The van der Waals surface area contributed by atoms with Gasteiger partial charge in [0.15, 0.2) is 11.5 Å². The Balaban J connectivity index is 2.67. The molecule has 19 heavy (non-hydrogen) atoms. The predicted molar refractivity (Wildman–Crippen MR) is 72.4 cm³/mol. The Bertz CT molecular complexity index is 344. The van der Waals surface area contributed by atoms with E-state index in [1.807, 2.05) is 20.8 Å². The van der Waals surface area contributed by atoms with Crippen LogP contribution in [0.4, 0.5) is 0 Å². The third-order valence-electron chi connectivity index (χ3n) is 3.25. The molecule has 1 aliphatic heterocycles. The van der Waals surface area contributed by atoms with Crippen molar-refractivity contribution in [3.05, 3.63) is 0 Å². The number of carbonyl (C=O) groups excluding carboxylic acids is 1. The monoisotopic (exact) mass is 291 g/mol. The highest BCUT2D eigenvalue weighted by Gasteiger charge is 2.55. The lowest BCUT2D eigenvalue weighted by atomic mass is 9.90. The van der Waals surface area contributed by atoms with Crippen molar-refractivity contribution < 1.29 is 23.5 Å². The zero-order chi connectivity index (χ0) is 14.9. The fourth-order valence-electron chi connectivity index (χ4n) is 1.57. The number of aliphatic hydroxyl groups is 1. The lowest BCUT2D eigenvalue weighted by Crippen LogP contribution is -2.56. The summed E-state index contributed by atoms with van der Waals surface area (Å²) in [6.07, 6.45) is 0. The first-order valence-corrected chi connectivity index (χ1v) is 8.34. The standard InChI is InChI=1S/C12H25NO5Si/c1-9(2)19(16)17-8-12(7-14,18-19)13-6-10(15)11(3,4)5/h9,13-14,16H,6-8H2,1-5H3. The average molecular weight is 291 g/mol. The van der Waals surface area contributed by atoms with Crippen LogP contribution in [-0.2, 0) is 13.6 Å². The van der Waals surface area contributed by atoms with Gasteiger partial charge in [-0.1, -0.05) is 34.6 Å². The molecular formula is C12H25NO5Si. The molecule has 1 saturated heterocycles. The fourth-order valence-corrected chi connectivity index (χ4v) is 3.39. The molecule has 0 amide bonds. The van der Waals surface area contributed by atoms with Crippen molar-refractivity contribution >= 4 is 14.6 Å². The quantitative estimate of drug-likeness (QED) is 0.630. The highest BCUT2D eigenvalue weighted by atomic mass is 28.4. The number of aliphatic hydroxyl groups excluding tert-OH is 1. The van der Waals surface area contributed by atoms with Crippen LogP contribution in [0.15, 0.2) is 0 Å². The van der Waals surface area contributed by atoms with Gasteiger partial charge in [0.05, 0.1) is 19.8 Å². The van der Waals surface area contributed by atoms with Gasteiger partial charge in [-0.3, -0.25) is 10.1 Å². The van der Waals surface area contributed by atoms with Gasteiger partial charge in [-0.05, 0) is 0 Å². The van der Waals surface area contributed by atoms with E-state index in [0.29, 0.717) is 0 Å². The molecule has 2 unspecified atom stereocenters. The van der Waals surface area contributed by atoms with Gasteiger partial charge in [0.25, 0.3) is 0 Å². The summed E-state index contributed by atoms with van der Waals surface area (Å²) in [6, 6.07) is 0. The second-order valence-electron chi connectivity index (χ2n) is 6.36. The first-order chi connectivity index (χ1) is 8.55. The molecule has 6 nitrogen and oxygen atoms in total. The molecule has 2 atom stereocenters. The Kier molecular flexibility index (Phi) is 4.92. The minimum absolute atomic E-state index is 0.00517. The third-order valence-corrected chi connectivity index (χ3v) is 5.95. The largest absolute Gasteiger partial charge is 0.502 e. The minimum Gasteiger partial charge on any atom is -0.392 e. The second kappa shape index (κ2) is 5.59. The topological polar surface area (TPSA) is 88.0 Å². The molecule has 1 rings (SSSR count). The van der Waals surface area contributed by atoms with E-state index in [-0.39, 0.29) is 31.1 Å². The lowest BCUT2D eigenvalue weighted by molar-refractivity contribution is -0.127. The number of hydrogen-bond donors (Lipinski definition) is 3. The summed E-state index contributed by atoms with van der Waals surface area (Å²) in [5, 5.41) is 12.4. The van der Waals surface area contributed by atoms with E-state index in [0.717, 1.165) is 0 Å². The Morgan fingerprint density at radius 2 is 2.05 bits per heavy atom. The number of nitrogens with one attached hydrogen (secondary N) is 1. The van der Waals surface area contributed by atoms with Crippen molar-refractivity contribution in [3.63, 3.8) is 0 Å². The van der Waals surface area contributed by atoms with Crippen molar-refractivity contribution in [2.45, 2.75) is 45.9 Å². The second-order valence-corrected chi connectivity index (χ2v) is 9.26. The number of hydrogen-bond acceptors (Lipinski definition) is 6. The van der Waals surface area contributed by atoms with E-state index in [1.54, 1.807) is 13.8 Å². The van der Waals surface area contributed by atoms with E-state index in [2.05, 4.69) is 5.32 Å². The van der Waals surface area contributed by atoms with E-state index in [1.165, 1.54) is 0 Å². The average Bonchev–Trinajstić information content (AvgIpc) is 2.65. The number of rotatable bonds is 5. The Labute approximate surface area is 115 Å². The van der Waals surface area contributed by atoms with Gasteiger partial charge in [0.1, 0.15) is 0 Å². The van der Waals surface area contributed by atoms with Crippen LogP contribution >= 0.6 is 0 Å². The Morgan fingerprint density at radius 1 is 1.47 bits per heavy atom. The molecule has 0 aromatic rings. The van der Waals surface area contributed by atoms with Crippen LogP contribution in [0.2, 0.25) is 5.54 Å². The van der Waals surface area contributed by atoms with Gasteiger partial charge < -0.3 is 18.8 Å². The molecule has 112 valence electrons. The SMILES string of the molecule is CC(C)[Si]1(O)OCC(CO)(NCC(=O)C(C)(C)C)O1. The van der Waals surface area contributed by atoms with Crippen molar-refractivity contribution in [2.75, 3.05) is 19.8 Å². The Morgan fingerprint density at radius 3 is 2.42 bits per heavy atom. The number of Topliss-reactive ketones (excluding diaryl/α,β-unsaturated/α-hetero) is 1. The summed E-state index contributed by atoms with van der Waals surface area (Å²) in [7, 11) is -3.27. The Hall–Kier alpha value is -0.313. The molecule has 1 fully saturated rings. The summed E-state index contributed by atoms with van der Waals surface area (Å²) in [6.45, 7) is 8.85. The lowest BCUT2D eigenvalue weighted by Gasteiger charge is -2.30. The van der Waals surface area contributed by atoms with Crippen LogP contribution in [0.5, 0.6) is 0 Å². The molecule has 0 radical (unpaired) electrons. The van der Waals surface area contributed by atoms with Crippen LogP contribution in [-0.4, -0.2) is 50.0 Å². The van der Waals surface area contributed by atoms with Gasteiger partial charge in [-0.15, -0.1) is 0 Å². The summed E-state index contributed by atoms with van der Waals surface area (Å²) in [4.78, 5) is 22.1. The van der Waals surface area contributed by atoms with Crippen molar-refractivity contribution in [3.8, 4) is 0 Å². The maximum absolute atomic E-state index is 11.9. The highest BCUT2D eigenvalue weighted by molar-refractivity contribution is 6.61. The third kappa shape index (κ3) is 3.84. The molecule has 0 aromatic carbocycles. The zero-order valence-electron chi connectivity index (χ0n) is 12.3. The molecule has 1 aliphatic rings. The van der Waals surface area contributed by atoms with Crippen LogP contribution in [0, 0.1) is 5.41 Å². The van der Waals surface area contributed by atoms with Crippen LogP contribution in [0.3, 0.4) is 0 Å². The van der Waals surface area contributed by atoms with Crippen molar-refractivity contribution in [1.82, 2.24) is 5.32 Å². The molecule has 7 heteroatoms. The molecule has 0 aromatic heterocycles. The van der Waals surface area contributed by atoms with Gasteiger partial charge in [-0.25, -0.2) is 0 Å². The van der Waals surface area contributed by atoms with Crippen LogP contribution < -0.4 is 5.32 Å². The van der Waals surface area contributed by atoms with Gasteiger partial charge >= 0.3 is 8.80 Å². The molecule has 0 aliphatic carbocycles. The molecule has 0 spiro atoms. The first-order valence-electron chi connectivity index (χ1n) is 6.50. The van der Waals surface area contributed by atoms with E-state index < -0.39 is 19.9 Å². The van der Waals surface area contributed by atoms with Crippen LogP contribution in [0.1, 0.15) is 34.6 Å². The minimum atomic E-state index is -3.27. The first kappa shape index (κ1) is 16.7. The normalized spacial score (nSPS) is 32.0. The molecular weight excluding hydrogens is 266 g/mol. The van der Waals surface area contributed by atoms with E-state index in [9.17, 15) is 14.7 Å². The molecule has 0 bridgehead atoms. The zero-order valence-corrected chi connectivity index (χ0v) is 13.3.